The van der Waals surface area contributed by atoms with Crippen LogP contribution in [0.5, 0.6) is 0 Å². The lowest BCUT2D eigenvalue weighted by atomic mass is 9.87. The SMILES string of the molecule is CC(=O)Nc1ccc(NC(=O)c2cccc3c4c([nH]c23)CC[C@@H](C)C4)cc1. The standard InChI is InChI=1S/C22H23N3O2/c1-13-6-11-20-19(12-13)17-4-3-5-18(21(17)25-20)22(27)24-16-9-7-15(8-10-16)23-14(2)26/h3-5,7-10,13,25H,6,11-12H2,1-2H3,(H,23,26)(H,24,27)/t13-/m1/s1. The molecule has 3 N–H and O–H groups in total. The molecule has 138 valence electrons. The molecule has 1 heterocycles. The van der Waals surface area contributed by atoms with Crippen LogP contribution in [0.2, 0.25) is 0 Å². The second kappa shape index (κ2) is 6.91. The lowest BCUT2D eigenvalue weighted by Crippen LogP contribution is -2.12. The lowest BCUT2D eigenvalue weighted by Gasteiger charge is -2.17. The molecule has 2 aromatic carbocycles. The van der Waals surface area contributed by atoms with Crippen LogP contribution in [0.1, 0.15) is 41.9 Å². The van der Waals surface area contributed by atoms with E-state index in [1.54, 1.807) is 24.3 Å². The number of H-pyrrole nitrogens is 1. The Hall–Kier alpha value is -3.08. The molecule has 4 rings (SSSR count). The van der Waals surface area contributed by atoms with Gasteiger partial charge in [0, 0.05) is 29.4 Å². The van der Waals surface area contributed by atoms with Gasteiger partial charge in [0.25, 0.3) is 5.91 Å². The highest BCUT2D eigenvalue weighted by molar-refractivity contribution is 6.12. The molecule has 0 fully saturated rings. The predicted molar refractivity (Wildman–Crippen MR) is 108 cm³/mol. The van der Waals surface area contributed by atoms with E-state index in [2.05, 4.69) is 28.6 Å². The number of anilines is 2. The Labute approximate surface area is 158 Å². The van der Waals surface area contributed by atoms with Crippen LogP contribution in [-0.2, 0) is 17.6 Å². The van der Waals surface area contributed by atoms with Crippen molar-refractivity contribution in [1.29, 1.82) is 0 Å². The fraction of sp³-hybridized carbons (Fsp3) is 0.273. The van der Waals surface area contributed by atoms with Gasteiger partial charge < -0.3 is 15.6 Å². The number of fused-ring (bicyclic) bond motifs is 3. The number of aromatic nitrogens is 1. The van der Waals surface area contributed by atoms with Crippen molar-refractivity contribution in [2.45, 2.75) is 33.1 Å². The highest BCUT2D eigenvalue weighted by Gasteiger charge is 2.22. The first kappa shape index (κ1) is 17.3. The summed E-state index contributed by atoms with van der Waals surface area (Å²) in [5.74, 6) is 0.416. The van der Waals surface area contributed by atoms with E-state index in [4.69, 9.17) is 0 Å². The van der Waals surface area contributed by atoms with E-state index < -0.39 is 0 Å². The number of aryl methyl sites for hydroxylation is 1. The summed E-state index contributed by atoms with van der Waals surface area (Å²) in [7, 11) is 0. The van der Waals surface area contributed by atoms with Crippen molar-refractivity contribution in [3.8, 4) is 0 Å². The van der Waals surface area contributed by atoms with E-state index in [9.17, 15) is 9.59 Å². The molecule has 0 unspecified atom stereocenters. The number of carbonyl (C=O) groups excluding carboxylic acids is 2. The van der Waals surface area contributed by atoms with Gasteiger partial charge in [0.2, 0.25) is 5.91 Å². The van der Waals surface area contributed by atoms with Crippen LogP contribution in [0.25, 0.3) is 10.9 Å². The largest absolute Gasteiger partial charge is 0.358 e. The smallest absolute Gasteiger partial charge is 0.257 e. The first-order valence-electron chi connectivity index (χ1n) is 9.32. The van der Waals surface area contributed by atoms with Crippen LogP contribution < -0.4 is 10.6 Å². The summed E-state index contributed by atoms with van der Waals surface area (Å²) in [6, 6.07) is 13.0. The molecule has 0 saturated carbocycles. The van der Waals surface area contributed by atoms with E-state index in [1.165, 1.54) is 24.6 Å². The normalized spacial score (nSPS) is 16.0. The van der Waals surface area contributed by atoms with Crippen molar-refractivity contribution in [2.75, 3.05) is 10.6 Å². The monoisotopic (exact) mass is 361 g/mol. The molecule has 1 atom stereocenters. The zero-order valence-corrected chi connectivity index (χ0v) is 15.6. The van der Waals surface area contributed by atoms with Crippen LogP contribution in [0.4, 0.5) is 11.4 Å². The summed E-state index contributed by atoms with van der Waals surface area (Å²) in [5, 5.41) is 6.82. The highest BCUT2D eigenvalue weighted by Crippen LogP contribution is 2.33. The van der Waals surface area contributed by atoms with Crippen molar-refractivity contribution in [2.24, 2.45) is 5.92 Å². The quantitative estimate of drug-likeness (QED) is 0.642. The molecule has 0 saturated heterocycles. The molecular weight excluding hydrogens is 338 g/mol. The number of benzene rings is 2. The van der Waals surface area contributed by atoms with Gasteiger partial charge in [-0.15, -0.1) is 0 Å². The van der Waals surface area contributed by atoms with Crippen LogP contribution in [0, 0.1) is 5.92 Å². The Kier molecular flexibility index (Phi) is 4.44. The summed E-state index contributed by atoms with van der Waals surface area (Å²) in [6.45, 7) is 3.75. The average Bonchev–Trinajstić information content (AvgIpc) is 3.01. The van der Waals surface area contributed by atoms with Gasteiger partial charge in [-0.3, -0.25) is 9.59 Å². The van der Waals surface area contributed by atoms with E-state index in [-0.39, 0.29) is 11.8 Å². The molecule has 0 radical (unpaired) electrons. The Bertz CT molecular complexity index is 1020. The number of rotatable bonds is 3. The molecule has 1 aliphatic rings. The van der Waals surface area contributed by atoms with Crippen molar-refractivity contribution < 1.29 is 9.59 Å². The fourth-order valence-electron chi connectivity index (χ4n) is 3.84. The summed E-state index contributed by atoms with van der Waals surface area (Å²) in [5.41, 5.74) is 5.59. The number of hydrogen-bond acceptors (Lipinski definition) is 2. The van der Waals surface area contributed by atoms with E-state index in [1.807, 2.05) is 12.1 Å². The van der Waals surface area contributed by atoms with Gasteiger partial charge in [-0.2, -0.15) is 0 Å². The first-order valence-corrected chi connectivity index (χ1v) is 9.32. The van der Waals surface area contributed by atoms with Gasteiger partial charge in [-0.25, -0.2) is 0 Å². The minimum absolute atomic E-state index is 0.122. The zero-order valence-electron chi connectivity index (χ0n) is 15.6. The van der Waals surface area contributed by atoms with Crippen molar-refractivity contribution in [3.63, 3.8) is 0 Å². The summed E-state index contributed by atoms with van der Waals surface area (Å²) < 4.78 is 0. The third kappa shape index (κ3) is 3.45. The molecule has 2 amide bonds. The van der Waals surface area contributed by atoms with Gasteiger partial charge in [0.15, 0.2) is 0 Å². The number of carbonyl (C=O) groups is 2. The zero-order chi connectivity index (χ0) is 19.0. The second-order valence-corrected chi connectivity index (χ2v) is 7.37. The molecule has 0 bridgehead atoms. The maximum absolute atomic E-state index is 12.9. The van der Waals surface area contributed by atoms with Gasteiger partial charge in [-0.05, 0) is 61.1 Å². The molecule has 5 heteroatoms. The molecular formula is C22H23N3O2. The van der Waals surface area contributed by atoms with Crippen LogP contribution >= 0.6 is 0 Å². The van der Waals surface area contributed by atoms with E-state index in [0.717, 1.165) is 23.7 Å². The summed E-state index contributed by atoms with van der Waals surface area (Å²) >= 11 is 0. The van der Waals surface area contributed by atoms with Crippen LogP contribution in [0.15, 0.2) is 42.5 Å². The molecule has 1 aromatic heterocycles. The van der Waals surface area contributed by atoms with Crippen molar-refractivity contribution >= 4 is 34.1 Å². The Morgan fingerprint density at radius 1 is 1.04 bits per heavy atom. The maximum Gasteiger partial charge on any atom is 0.257 e. The third-order valence-electron chi connectivity index (χ3n) is 5.18. The first-order chi connectivity index (χ1) is 13.0. The molecule has 0 spiro atoms. The summed E-state index contributed by atoms with van der Waals surface area (Å²) in [4.78, 5) is 27.5. The topological polar surface area (TPSA) is 74.0 Å². The summed E-state index contributed by atoms with van der Waals surface area (Å²) in [6.07, 6.45) is 3.28. The van der Waals surface area contributed by atoms with Crippen molar-refractivity contribution in [3.05, 3.63) is 59.3 Å². The third-order valence-corrected chi connectivity index (χ3v) is 5.18. The van der Waals surface area contributed by atoms with Gasteiger partial charge in [-0.1, -0.05) is 19.1 Å². The second-order valence-electron chi connectivity index (χ2n) is 7.37. The molecule has 0 aliphatic heterocycles. The van der Waals surface area contributed by atoms with Gasteiger partial charge in [0.05, 0.1) is 11.1 Å². The Morgan fingerprint density at radius 2 is 1.74 bits per heavy atom. The molecule has 1 aliphatic carbocycles. The molecule has 3 aromatic rings. The number of para-hydroxylation sites is 1. The van der Waals surface area contributed by atoms with Gasteiger partial charge in [0.1, 0.15) is 0 Å². The van der Waals surface area contributed by atoms with Crippen LogP contribution in [0.3, 0.4) is 0 Å². The Morgan fingerprint density at radius 3 is 2.44 bits per heavy atom. The fourth-order valence-corrected chi connectivity index (χ4v) is 3.84. The average molecular weight is 361 g/mol. The highest BCUT2D eigenvalue weighted by atomic mass is 16.2. The van der Waals surface area contributed by atoms with E-state index in [0.29, 0.717) is 22.9 Å². The molecule has 27 heavy (non-hydrogen) atoms. The van der Waals surface area contributed by atoms with Crippen molar-refractivity contribution in [1.82, 2.24) is 4.98 Å². The van der Waals surface area contributed by atoms with Crippen LogP contribution in [-0.4, -0.2) is 16.8 Å². The number of nitrogens with one attached hydrogen (secondary N) is 3. The molecule has 5 nitrogen and oxygen atoms in total. The minimum Gasteiger partial charge on any atom is -0.358 e. The Balaban J connectivity index is 1.60. The number of hydrogen-bond donors (Lipinski definition) is 3. The maximum atomic E-state index is 12.9. The lowest BCUT2D eigenvalue weighted by molar-refractivity contribution is -0.114. The number of amides is 2. The predicted octanol–water partition coefficient (Wildman–Crippen LogP) is 4.50. The minimum atomic E-state index is -0.139. The van der Waals surface area contributed by atoms with Gasteiger partial charge >= 0.3 is 0 Å². The van der Waals surface area contributed by atoms with E-state index >= 15 is 0 Å². The number of aromatic amines is 1.